The van der Waals surface area contributed by atoms with Crippen LogP contribution in [0.1, 0.15) is 25.3 Å². The Balaban J connectivity index is 2.58. The van der Waals surface area contributed by atoms with Crippen molar-refractivity contribution in [3.05, 3.63) is 29.8 Å². The van der Waals surface area contributed by atoms with Crippen LogP contribution in [-0.4, -0.2) is 20.7 Å². The smallest absolute Gasteiger partial charge is 0.210 e. The summed E-state index contributed by atoms with van der Waals surface area (Å²) in [5, 5.41) is 7.95. The van der Waals surface area contributed by atoms with E-state index in [4.69, 9.17) is 5.14 Å². The Morgan fingerprint density at radius 1 is 1.38 bits per heavy atom. The third-order valence-corrected chi connectivity index (χ3v) is 3.04. The number of hydrogen-bond acceptors (Lipinski definition) is 3. The molecule has 0 bridgehead atoms. The van der Waals surface area contributed by atoms with Crippen molar-refractivity contribution < 1.29 is 8.42 Å². The predicted octanol–water partition coefficient (Wildman–Crippen LogP) is 1.51. The molecule has 0 unspecified atom stereocenters. The van der Waals surface area contributed by atoms with E-state index in [9.17, 15) is 8.42 Å². The maximum Gasteiger partial charge on any atom is 0.210 e. The lowest BCUT2D eigenvalue weighted by Crippen LogP contribution is -2.22. The molecule has 90 valence electrons. The summed E-state index contributed by atoms with van der Waals surface area (Å²) in [5.41, 5.74) is 2.15. The van der Waals surface area contributed by atoms with Crippen molar-refractivity contribution in [3.8, 4) is 0 Å². The fraction of sp³-hybridized carbons (Fsp3) is 0.455. The summed E-state index contributed by atoms with van der Waals surface area (Å²) < 4.78 is 21.5. The molecule has 5 heteroatoms. The normalized spacial score (nSPS) is 11.8. The van der Waals surface area contributed by atoms with Gasteiger partial charge in [0.1, 0.15) is 0 Å². The highest BCUT2D eigenvalue weighted by atomic mass is 32.2. The summed E-state index contributed by atoms with van der Waals surface area (Å²) in [6.45, 7) is 4.56. The number of benzene rings is 1. The average molecular weight is 242 g/mol. The molecule has 0 fully saturated rings. The van der Waals surface area contributed by atoms with E-state index in [0.717, 1.165) is 5.69 Å². The molecule has 1 aromatic rings. The van der Waals surface area contributed by atoms with E-state index >= 15 is 0 Å². The molecule has 0 heterocycles. The van der Waals surface area contributed by atoms with Crippen molar-refractivity contribution in [1.29, 1.82) is 0 Å². The Morgan fingerprint density at radius 2 is 2.06 bits per heavy atom. The zero-order chi connectivity index (χ0) is 12.2. The molecular weight excluding hydrogens is 224 g/mol. The largest absolute Gasteiger partial charge is 0.384 e. The fourth-order valence-corrected chi connectivity index (χ4v) is 1.73. The van der Waals surface area contributed by atoms with Gasteiger partial charge in [0.15, 0.2) is 0 Å². The zero-order valence-corrected chi connectivity index (χ0v) is 10.4. The Kier molecular flexibility index (Phi) is 4.32. The predicted molar refractivity (Wildman–Crippen MR) is 67.0 cm³/mol. The number of hydrogen-bond donors (Lipinski definition) is 2. The first-order valence-electron chi connectivity index (χ1n) is 5.23. The Hall–Kier alpha value is -1.07. The number of anilines is 1. The van der Waals surface area contributed by atoms with Gasteiger partial charge in [0.2, 0.25) is 10.0 Å². The SMILES string of the molecule is CC(C)c1cccc(NCCS(N)(=O)=O)c1. The lowest BCUT2D eigenvalue weighted by Gasteiger charge is -2.09. The van der Waals surface area contributed by atoms with Crippen LogP contribution in [0.4, 0.5) is 5.69 Å². The standard InChI is InChI=1S/C11H18N2O2S/c1-9(2)10-4-3-5-11(8-10)13-6-7-16(12,14)15/h3-5,8-9,13H,6-7H2,1-2H3,(H2,12,14,15). The first-order chi connectivity index (χ1) is 7.38. The first-order valence-corrected chi connectivity index (χ1v) is 6.94. The van der Waals surface area contributed by atoms with Crippen LogP contribution in [0, 0.1) is 0 Å². The first kappa shape index (κ1) is 13.0. The summed E-state index contributed by atoms with van der Waals surface area (Å²) >= 11 is 0. The minimum absolute atomic E-state index is 0.0566. The molecule has 0 aliphatic carbocycles. The van der Waals surface area contributed by atoms with E-state index in [2.05, 4.69) is 25.2 Å². The van der Waals surface area contributed by atoms with Crippen LogP contribution in [0.5, 0.6) is 0 Å². The summed E-state index contributed by atoms with van der Waals surface area (Å²) in [5.74, 6) is 0.402. The van der Waals surface area contributed by atoms with E-state index in [-0.39, 0.29) is 5.75 Å². The maximum atomic E-state index is 10.7. The van der Waals surface area contributed by atoms with E-state index < -0.39 is 10.0 Å². The zero-order valence-electron chi connectivity index (χ0n) is 9.60. The average Bonchev–Trinajstić information content (AvgIpc) is 2.16. The molecule has 1 rings (SSSR count). The number of nitrogens with two attached hydrogens (primary N) is 1. The van der Waals surface area contributed by atoms with E-state index in [1.165, 1.54) is 5.56 Å². The highest BCUT2D eigenvalue weighted by Crippen LogP contribution is 2.18. The molecule has 0 saturated carbocycles. The minimum Gasteiger partial charge on any atom is -0.384 e. The molecule has 0 spiro atoms. The van der Waals surface area contributed by atoms with E-state index in [0.29, 0.717) is 12.5 Å². The molecular formula is C11H18N2O2S. The molecule has 4 nitrogen and oxygen atoms in total. The molecule has 0 aliphatic heterocycles. The van der Waals surface area contributed by atoms with Crippen LogP contribution in [-0.2, 0) is 10.0 Å². The van der Waals surface area contributed by atoms with Gasteiger partial charge >= 0.3 is 0 Å². The maximum absolute atomic E-state index is 10.7. The van der Waals surface area contributed by atoms with Crippen LogP contribution in [0.3, 0.4) is 0 Å². The number of primary sulfonamides is 1. The highest BCUT2D eigenvalue weighted by Gasteiger charge is 2.03. The summed E-state index contributed by atoms with van der Waals surface area (Å²) in [4.78, 5) is 0. The van der Waals surface area contributed by atoms with Gasteiger partial charge in [-0.15, -0.1) is 0 Å². The van der Waals surface area contributed by atoms with Gasteiger partial charge < -0.3 is 5.32 Å². The fourth-order valence-electron chi connectivity index (χ4n) is 1.35. The molecule has 3 N–H and O–H groups in total. The second-order valence-corrected chi connectivity index (χ2v) is 5.81. The topological polar surface area (TPSA) is 72.2 Å². The molecule has 1 aromatic carbocycles. The van der Waals surface area contributed by atoms with Crippen LogP contribution in [0.25, 0.3) is 0 Å². The van der Waals surface area contributed by atoms with Crippen LogP contribution < -0.4 is 10.5 Å². The molecule has 16 heavy (non-hydrogen) atoms. The van der Waals surface area contributed by atoms with Crippen molar-refractivity contribution in [1.82, 2.24) is 0 Å². The third kappa shape index (κ3) is 4.63. The van der Waals surface area contributed by atoms with Crippen molar-refractivity contribution >= 4 is 15.7 Å². The summed E-state index contributed by atoms with van der Waals surface area (Å²) in [7, 11) is -3.38. The lowest BCUT2D eigenvalue weighted by atomic mass is 10.0. The summed E-state index contributed by atoms with van der Waals surface area (Å²) in [6, 6.07) is 7.94. The van der Waals surface area contributed by atoms with Gasteiger partial charge in [0, 0.05) is 12.2 Å². The second-order valence-electron chi connectivity index (χ2n) is 4.07. The molecule has 0 radical (unpaired) electrons. The Morgan fingerprint density at radius 3 is 2.62 bits per heavy atom. The van der Waals surface area contributed by atoms with Gasteiger partial charge in [-0.1, -0.05) is 26.0 Å². The van der Waals surface area contributed by atoms with E-state index in [1.807, 2.05) is 18.2 Å². The van der Waals surface area contributed by atoms with Crippen molar-refractivity contribution in [2.45, 2.75) is 19.8 Å². The lowest BCUT2D eigenvalue weighted by molar-refractivity contribution is 0.598. The molecule has 0 aromatic heterocycles. The van der Waals surface area contributed by atoms with Crippen LogP contribution in [0.2, 0.25) is 0 Å². The Labute approximate surface area is 96.9 Å². The quantitative estimate of drug-likeness (QED) is 0.822. The highest BCUT2D eigenvalue weighted by molar-refractivity contribution is 7.89. The second kappa shape index (κ2) is 5.32. The van der Waals surface area contributed by atoms with Crippen molar-refractivity contribution in [3.63, 3.8) is 0 Å². The van der Waals surface area contributed by atoms with Gasteiger partial charge in [-0.3, -0.25) is 0 Å². The minimum atomic E-state index is -3.38. The van der Waals surface area contributed by atoms with Crippen LogP contribution >= 0.6 is 0 Å². The van der Waals surface area contributed by atoms with Gasteiger partial charge in [-0.2, -0.15) is 0 Å². The van der Waals surface area contributed by atoms with Crippen molar-refractivity contribution in [2.75, 3.05) is 17.6 Å². The monoisotopic (exact) mass is 242 g/mol. The molecule has 0 atom stereocenters. The van der Waals surface area contributed by atoms with Crippen molar-refractivity contribution in [2.24, 2.45) is 5.14 Å². The van der Waals surface area contributed by atoms with E-state index in [1.54, 1.807) is 0 Å². The number of sulfonamides is 1. The molecule has 0 amide bonds. The van der Waals surface area contributed by atoms with Crippen LogP contribution in [0.15, 0.2) is 24.3 Å². The molecule has 0 saturated heterocycles. The van der Waals surface area contributed by atoms with Gasteiger partial charge in [-0.05, 0) is 23.6 Å². The van der Waals surface area contributed by atoms with Gasteiger partial charge in [0.25, 0.3) is 0 Å². The summed E-state index contributed by atoms with van der Waals surface area (Å²) in [6.07, 6.45) is 0. The van der Waals surface area contributed by atoms with Gasteiger partial charge in [-0.25, -0.2) is 13.6 Å². The number of rotatable bonds is 5. The molecule has 0 aliphatic rings. The Bertz CT molecular complexity index is 441. The third-order valence-electron chi connectivity index (χ3n) is 2.27. The number of nitrogens with one attached hydrogen (secondary N) is 1. The van der Waals surface area contributed by atoms with Gasteiger partial charge in [0.05, 0.1) is 5.75 Å².